The lowest BCUT2D eigenvalue weighted by atomic mass is 9.77. The number of nitrogens with zero attached hydrogens (tertiary/aromatic N) is 1. The molecule has 0 spiro atoms. The zero-order chi connectivity index (χ0) is 16.0. The number of carbonyl (C=O) groups excluding carboxylic acids is 1. The molecule has 0 aromatic heterocycles. The Labute approximate surface area is 134 Å². The molecule has 5 nitrogen and oxygen atoms in total. The third-order valence-corrected chi connectivity index (χ3v) is 5.22. The van der Waals surface area contributed by atoms with Crippen molar-refractivity contribution in [1.82, 2.24) is 15.5 Å². The van der Waals surface area contributed by atoms with Crippen molar-refractivity contribution in [3.8, 4) is 0 Å². The summed E-state index contributed by atoms with van der Waals surface area (Å²) < 4.78 is 0. The molecule has 0 aromatic rings. The maximum absolute atomic E-state index is 12.4. The Morgan fingerprint density at radius 3 is 2.50 bits per heavy atom. The maximum atomic E-state index is 12.4. The lowest BCUT2D eigenvalue weighted by molar-refractivity contribution is 0.00568. The van der Waals surface area contributed by atoms with Crippen LogP contribution in [0.1, 0.15) is 58.3 Å². The van der Waals surface area contributed by atoms with E-state index in [4.69, 9.17) is 0 Å². The number of aliphatic hydroxyl groups is 1. The van der Waals surface area contributed by atoms with Crippen molar-refractivity contribution in [1.29, 1.82) is 0 Å². The number of hydrogen-bond acceptors (Lipinski definition) is 3. The Kier molecular flexibility index (Phi) is 6.50. The fourth-order valence-electron chi connectivity index (χ4n) is 3.74. The third kappa shape index (κ3) is 5.43. The summed E-state index contributed by atoms with van der Waals surface area (Å²) in [5, 5.41) is 16.5. The highest BCUT2D eigenvalue weighted by atomic mass is 16.3. The second kappa shape index (κ2) is 8.16. The van der Waals surface area contributed by atoms with Gasteiger partial charge in [0.05, 0.1) is 5.60 Å². The number of piperidine rings is 1. The fraction of sp³-hybridized carbons (Fsp3) is 0.941. The van der Waals surface area contributed by atoms with E-state index in [1.165, 1.54) is 6.42 Å². The van der Waals surface area contributed by atoms with Crippen molar-refractivity contribution in [2.24, 2.45) is 5.92 Å². The van der Waals surface area contributed by atoms with E-state index in [0.717, 1.165) is 64.6 Å². The largest absolute Gasteiger partial charge is 0.390 e. The molecule has 0 aromatic carbocycles. The summed E-state index contributed by atoms with van der Waals surface area (Å²) in [5.74, 6) is 0.611. The quantitative estimate of drug-likeness (QED) is 0.728. The number of urea groups is 1. The molecule has 2 aliphatic rings. The first-order valence-electron chi connectivity index (χ1n) is 8.92. The van der Waals surface area contributed by atoms with Gasteiger partial charge in [-0.1, -0.05) is 0 Å². The first kappa shape index (κ1) is 17.5. The summed E-state index contributed by atoms with van der Waals surface area (Å²) in [5.41, 5.74) is -0.480. The van der Waals surface area contributed by atoms with E-state index < -0.39 is 5.60 Å². The number of likely N-dealkylation sites (N-methyl/N-ethyl adjacent to an activating group) is 1. The minimum atomic E-state index is -0.480. The minimum Gasteiger partial charge on any atom is -0.390 e. The van der Waals surface area contributed by atoms with Gasteiger partial charge < -0.3 is 20.6 Å². The molecule has 1 heterocycles. The molecule has 1 atom stereocenters. The Bertz CT molecular complexity index is 344. The zero-order valence-corrected chi connectivity index (χ0v) is 14.2. The number of nitrogens with one attached hydrogen (secondary N) is 2. The molecular weight excluding hydrogens is 278 g/mol. The van der Waals surface area contributed by atoms with Crippen LogP contribution in [0.2, 0.25) is 0 Å². The van der Waals surface area contributed by atoms with E-state index in [9.17, 15) is 9.90 Å². The Hall–Kier alpha value is -0.810. The van der Waals surface area contributed by atoms with Gasteiger partial charge in [-0.2, -0.15) is 0 Å². The summed E-state index contributed by atoms with van der Waals surface area (Å²) in [6, 6.07) is 0.287. The highest BCUT2D eigenvalue weighted by Gasteiger charge is 2.30. The number of amides is 2. The molecule has 1 aliphatic heterocycles. The predicted molar refractivity (Wildman–Crippen MR) is 88.9 cm³/mol. The van der Waals surface area contributed by atoms with Crippen molar-refractivity contribution in [2.75, 3.05) is 26.7 Å². The number of carbonyl (C=O) groups is 1. The average Bonchev–Trinajstić information content (AvgIpc) is 2.50. The molecule has 2 fully saturated rings. The molecule has 1 saturated heterocycles. The van der Waals surface area contributed by atoms with E-state index in [0.29, 0.717) is 5.92 Å². The van der Waals surface area contributed by atoms with Crippen LogP contribution in [-0.4, -0.2) is 54.4 Å². The first-order chi connectivity index (χ1) is 10.5. The zero-order valence-electron chi connectivity index (χ0n) is 14.2. The molecule has 128 valence electrons. The Morgan fingerprint density at radius 2 is 1.91 bits per heavy atom. The van der Waals surface area contributed by atoms with Crippen molar-refractivity contribution in [3.63, 3.8) is 0 Å². The van der Waals surface area contributed by atoms with Gasteiger partial charge in [-0.05, 0) is 71.3 Å². The molecule has 0 bridgehead atoms. The molecule has 2 amide bonds. The molecule has 3 N–H and O–H groups in total. The van der Waals surface area contributed by atoms with Crippen LogP contribution in [0.5, 0.6) is 0 Å². The lowest BCUT2D eigenvalue weighted by Gasteiger charge is -2.35. The molecule has 5 heteroatoms. The van der Waals surface area contributed by atoms with Gasteiger partial charge in [0.1, 0.15) is 0 Å². The van der Waals surface area contributed by atoms with Gasteiger partial charge in [-0.15, -0.1) is 0 Å². The molecule has 22 heavy (non-hydrogen) atoms. The minimum absolute atomic E-state index is 0.0998. The second-order valence-corrected chi connectivity index (χ2v) is 7.43. The molecule has 0 radical (unpaired) electrons. The number of likely N-dealkylation sites (tertiary alicyclic amines) is 1. The molecule has 1 aliphatic carbocycles. The summed E-state index contributed by atoms with van der Waals surface area (Å²) in [4.78, 5) is 14.3. The second-order valence-electron chi connectivity index (χ2n) is 7.43. The monoisotopic (exact) mass is 311 g/mol. The number of hydrogen-bond donors (Lipinski definition) is 3. The van der Waals surface area contributed by atoms with Crippen LogP contribution >= 0.6 is 0 Å². The van der Waals surface area contributed by atoms with E-state index in [2.05, 4.69) is 10.6 Å². The van der Waals surface area contributed by atoms with Crippen molar-refractivity contribution in [3.05, 3.63) is 0 Å². The van der Waals surface area contributed by atoms with Gasteiger partial charge in [0.25, 0.3) is 0 Å². The van der Waals surface area contributed by atoms with Crippen LogP contribution in [0.15, 0.2) is 0 Å². The normalized spacial score (nSPS) is 30.9. The van der Waals surface area contributed by atoms with E-state index >= 15 is 0 Å². The van der Waals surface area contributed by atoms with Crippen molar-refractivity contribution < 1.29 is 9.90 Å². The van der Waals surface area contributed by atoms with Crippen molar-refractivity contribution >= 4 is 6.03 Å². The SMILES string of the molecule is CNCC(CC1CCC(C)(O)CC1)NC(=O)N1CCCCC1. The van der Waals surface area contributed by atoms with Crippen LogP contribution in [0, 0.1) is 5.92 Å². The van der Waals surface area contributed by atoms with Crippen LogP contribution in [0.4, 0.5) is 4.79 Å². The van der Waals surface area contributed by atoms with Crippen LogP contribution in [0.3, 0.4) is 0 Å². The molecule has 2 rings (SSSR count). The Morgan fingerprint density at radius 1 is 1.27 bits per heavy atom. The highest BCUT2D eigenvalue weighted by molar-refractivity contribution is 5.74. The third-order valence-electron chi connectivity index (χ3n) is 5.22. The highest BCUT2D eigenvalue weighted by Crippen LogP contribution is 2.33. The van der Waals surface area contributed by atoms with Gasteiger partial charge in [0.15, 0.2) is 0 Å². The summed E-state index contributed by atoms with van der Waals surface area (Å²) >= 11 is 0. The smallest absolute Gasteiger partial charge is 0.317 e. The molecular formula is C17H33N3O2. The number of rotatable bonds is 5. The van der Waals surface area contributed by atoms with Crippen LogP contribution < -0.4 is 10.6 Å². The first-order valence-corrected chi connectivity index (χ1v) is 8.92. The van der Waals surface area contributed by atoms with Gasteiger partial charge in [0.2, 0.25) is 0 Å². The average molecular weight is 311 g/mol. The van der Waals surface area contributed by atoms with E-state index in [1.807, 2.05) is 18.9 Å². The molecule has 1 unspecified atom stereocenters. The van der Waals surface area contributed by atoms with Gasteiger partial charge >= 0.3 is 6.03 Å². The molecule has 1 saturated carbocycles. The predicted octanol–water partition coefficient (Wildman–Crippen LogP) is 2.10. The van der Waals surface area contributed by atoms with Gasteiger partial charge in [-0.3, -0.25) is 0 Å². The van der Waals surface area contributed by atoms with Crippen LogP contribution in [0.25, 0.3) is 0 Å². The summed E-state index contributed by atoms with van der Waals surface area (Å²) in [6.45, 7) is 4.54. The summed E-state index contributed by atoms with van der Waals surface area (Å²) in [7, 11) is 1.94. The summed E-state index contributed by atoms with van der Waals surface area (Å²) in [6.07, 6.45) is 8.39. The fourth-order valence-corrected chi connectivity index (χ4v) is 3.74. The van der Waals surface area contributed by atoms with Crippen LogP contribution in [-0.2, 0) is 0 Å². The van der Waals surface area contributed by atoms with Crippen molar-refractivity contribution in [2.45, 2.75) is 69.9 Å². The maximum Gasteiger partial charge on any atom is 0.317 e. The Balaban J connectivity index is 1.80. The van der Waals surface area contributed by atoms with Gasteiger partial charge in [-0.25, -0.2) is 4.79 Å². The van der Waals surface area contributed by atoms with E-state index in [-0.39, 0.29) is 12.1 Å². The standard InChI is InChI=1S/C17H33N3O2/c1-17(22)8-6-14(7-9-17)12-15(13-18-2)19-16(21)20-10-4-3-5-11-20/h14-15,18,22H,3-13H2,1-2H3,(H,19,21). The lowest BCUT2D eigenvalue weighted by Crippen LogP contribution is -2.50. The van der Waals surface area contributed by atoms with E-state index in [1.54, 1.807) is 0 Å². The topological polar surface area (TPSA) is 64.6 Å². The van der Waals surface area contributed by atoms with Gasteiger partial charge in [0, 0.05) is 25.7 Å².